The molecule has 1 aromatic carbocycles. The highest BCUT2D eigenvalue weighted by atomic mass is 19.1. The summed E-state index contributed by atoms with van der Waals surface area (Å²) in [6.45, 7) is 11.0. The zero-order valence-corrected chi connectivity index (χ0v) is 24.8. The number of anilines is 1. The lowest BCUT2D eigenvalue weighted by molar-refractivity contribution is 0.0487. The number of pyridine rings is 2. The normalized spacial score (nSPS) is 22.1. The summed E-state index contributed by atoms with van der Waals surface area (Å²) in [7, 11) is 1.47. The first kappa shape index (κ1) is 28.1. The Morgan fingerprint density at radius 3 is 2.71 bits per heavy atom. The van der Waals surface area contributed by atoms with Crippen LogP contribution >= 0.6 is 0 Å². The van der Waals surface area contributed by atoms with Gasteiger partial charge < -0.3 is 28.8 Å². The molecule has 1 saturated carbocycles. The van der Waals surface area contributed by atoms with E-state index in [2.05, 4.69) is 22.1 Å². The van der Waals surface area contributed by atoms with E-state index < -0.39 is 11.4 Å². The van der Waals surface area contributed by atoms with Gasteiger partial charge in [-0.2, -0.15) is 0 Å². The van der Waals surface area contributed by atoms with E-state index in [-0.39, 0.29) is 29.7 Å². The zero-order chi connectivity index (χ0) is 29.8. The van der Waals surface area contributed by atoms with Crippen LogP contribution in [0.15, 0.2) is 34.7 Å². The molecule has 11 heteroatoms. The SMILES string of the molecule is COCOc1c(-c2ccc3nc(N4CCC(C5CC5(C)NC(=O)OC(C)(C)C)C4)ccc3n2)cc2oc(C)nc2c1F. The van der Waals surface area contributed by atoms with E-state index in [1.165, 1.54) is 7.11 Å². The number of ether oxygens (including phenoxy) is 3. The molecule has 3 atom stereocenters. The number of hydrogen-bond donors (Lipinski definition) is 1. The summed E-state index contributed by atoms with van der Waals surface area (Å²) in [6, 6.07) is 9.27. The predicted molar refractivity (Wildman–Crippen MR) is 156 cm³/mol. The quantitative estimate of drug-likeness (QED) is 0.264. The van der Waals surface area contributed by atoms with Crippen LogP contribution in [0, 0.1) is 24.6 Å². The van der Waals surface area contributed by atoms with Gasteiger partial charge in [0.1, 0.15) is 16.9 Å². The minimum atomic E-state index is -0.622. The van der Waals surface area contributed by atoms with E-state index in [9.17, 15) is 4.79 Å². The molecule has 10 nitrogen and oxygen atoms in total. The molecule has 0 bridgehead atoms. The number of nitrogens with one attached hydrogen (secondary N) is 1. The van der Waals surface area contributed by atoms with Crippen LogP contribution in [0.25, 0.3) is 33.4 Å². The number of aromatic nitrogens is 3. The van der Waals surface area contributed by atoms with Crippen molar-refractivity contribution in [2.45, 2.75) is 58.6 Å². The van der Waals surface area contributed by atoms with Crippen LogP contribution < -0.4 is 15.0 Å². The maximum absolute atomic E-state index is 15.4. The second-order valence-corrected chi connectivity index (χ2v) is 12.5. The van der Waals surface area contributed by atoms with Crippen molar-refractivity contribution < 1.29 is 27.8 Å². The van der Waals surface area contributed by atoms with Crippen LogP contribution in [0.2, 0.25) is 0 Å². The number of fused-ring (bicyclic) bond motifs is 2. The van der Waals surface area contributed by atoms with Gasteiger partial charge in [-0.15, -0.1) is 0 Å². The van der Waals surface area contributed by atoms with Gasteiger partial charge in [0.05, 0.1) is 16.7 Å². The lowest BCUT2D eigenvalue weighted by Gasteiger charge is -2.23. The minimum Gasteiger partial charge on any atom is -0.464 e. The Hall–Kier alpha value is -3.99. The van der Waals surface area contributed by atoms with Crippen molar-refractivity contribution in [2.24, 2.45) is 11.8 Å². The van der Waals surface area contributed by atoms with Gasteiger partial charge in [-0.05, 0) is 82.7 Å². The van der Waals surface area contributed by atoms with Gasteiger partial charge in [0.15, 0.2) is 29.8 Å². The first-order valence-corrected chi connectivity index (χ1v) is 14.2. The third kappa shape index (κ3) is 5.45. The van der Waals surface area contributed by atoms with Gasteiger partial charge in [-0.3, -0.25) is 0 Å². The maximum atomic E-state index is 15.4. The summed E-state index contributed by atoms with van der Waals surface area (Å²) < 4.78 is 37.1. The van der Waals surface area contributed by atoms with Crippen LogP contribution in [0.3, 0.4) is 0 Å². The summed E-state index contributed by atoms with van der Waals surface area (Å²) in [4.78, 5) is 28.4. The van der Waals surface area contributed by atoms with Gasteiger partial charge in [-0.25, -0.2) is 24.1 Å². The molecule has 222 valence electrons. The van der Waals surface area contributed by atoms with Crippen LogP contribution in [0.1, 0.15) is 46.4 Å². The molecule has 42 heavy (non-hydrogen) atoms. The van der Waals surface area contributed by atoms with Crippen LogP contribution in [-0.2, 0) is 9.47 Å². The van der Waals surface area contributed by atoms with E-state index in [0.717, 1.165) is 37.3 Å². The molecule has 2 fully saturated rings. The Labute approximate surface area is 243 Å². The lowest BCUT2D eigenvalue weighted by Crippen LogP contribution is -2.41. The summed E-state index contributed by atoms with van der Waals surface area (Å²) in [5.41, 5.74) is 2.03. The van der Waals surface area contributed by atoms with Gasteiger partial charge in [0.25, 0.3) is 0 Å². The van der Waals surface area contributed by atoms with Crippen molar-refractivity contribution in [3.05, 3.63) is 42.0 Å². The Morgan fingerprint density at radius 1 is 1.19 bits per heavy atom. The van der Waals surface area contributed by atoms with E-state index in [1.807, 2.05) is 39.0 Å². The van der Waals surface area contributed by atoms with Gasteiger partial charge in [0, 0.05) is 38.2 Å². The fraction of sp³-hybridized carbons (Fsp3) is 0.484. The van der Waals surface area contributed by atoms with Crippen molar-refractivity contribution in [1.82, 2.24) is 20.3 Å². The molecule has 6 rings (SSSR count). The molecule has 1 saturated heterocycles. The van der Waals surface area contributed by atoms with Crippen molar-refractivity contribution in [3.8, 4) is 17.0 Å². The zero-order valence-electron chi connectivity index (χ0n) is 24.8. The molecule has 4 aromatic rings. The van der Waals surface area contributed by atoms with Gasteiger partial charge in [-0.1, -0.05) is 0 Å². The highest BCUT2D eigenvalue weighted by Gasteiger charge is 2.56. The summed E-state index contributed by atoms with van der Waals surface area (Å²) in [5, 5.41) is 3.09. The molecule has 3 aromatic heterocycles. The molecular weight excluding hydrogens is 541 g/mol. The van der Waals surface area contributed by atoms with Crippen molar-refractivity contribution in [1.29, 1.82) is 0 Å². The topological polar surface area (TPSA) is 112 Å². The lowest BCUT2D eigenvalue weighted by atomic mass is 9.99. The molecule has 3 unspecified atom stereocenters. The summed E-state index contributed by atoms with van der Waals surface area (Å²) >= 11 is 0. The third-order valence-electron chi connectivity index (χ3n) is 8.02. The first-order valence-electron chi connectivity index (χ1n) is 14.2. The third-order valence-corrected chi connectivity index (χ3v) is 8.02. The fourth-order valence-corrected chi connectivity index (χ4v) is 5.98. The van der Waals surface area contributed by atoms with E-state index in [0.29, 0.717) is 40.1 Å². The van der Waals surface area contributed by atoms with E-state index >= 15 is 4.39 Å². The summed E-state index contributed by atoms with van der Waals surface area (Å²) in [6.07, 6.45) is 1.62. The number of amides is 1. The number of benzene rings is 1. The summed E-state index contributed by atoms with van der Waals surface area (Å²) in [5.74, 6) is 1.49. The average Bonchev–Trinajstić information content (AvgIpc) is 3.24. The van der Waals surface area contributed by atoms with Gasteiger partial charge >= 0.3 is 6.09 Å². The Kier molecular flexibility index (Phi) is 6.95. The molecular formula is C31H36FN5O5. The number of hydrogen-bond acceptors (Lipinski definition) is 9. The number of carbonyl (C=O) groups excluding carboxylic acids is 1. The van der Waals surface area contributed by atoms with Crippen LogP contribution in [0.5, 0.6) is 5.75 Å². The maximum Gasteiger partial charge on any atom is 0.408 e. The molecule has 1 aliphatic heterocycles. The second-order valence-electron chi connectivity index (χ2n) is 12.5. The number of halogens is 1. The molecule has 1 N–H and O–H groups in total. The Bertz CT molecular complexity index is 1670. The van der Waals surface area contributed by atoms with Crippen molar-refractivity contribution in [3.63, 3.8) is 0 Å². The van der Waals surface area contributed by atoms with Crippen molar-refractivity contribution in [2.75, 3.05) is 31.9 Å². The van der Waals surface area contributed by atoms with Gasteiger partial charge in [0.2, 0.25) is 0 Å². The Morgan fingerprint density at radius 2 is 1.95 bits per heavy atom. The highest BCUT2D eigenvalue weighted by molar-refractivity contribution is 5.87. The number of aryl methyl sites for hydroxylation is 1. The molecule has 4 heterocycles. The number of alkyl carbamates (subject to hydrolysis) is 1. The first-order chi connectivity index (χ1) is 19.9. The molecule has 0 radical (unpaired) electrons. The largest absolute Gasteiger partial charge is 0.464 e. The fourth-order valence-electron chi connectivity index (χ4n) is 5.98. The minimum absolute atomic E-state index is 0.00502. The number of rotatable bonds is 7. The molecule has 0 spiro atoms. The van der Waals surface area contributed by atoms with E-state index in [1.54, 1.807) is 19.1 Å². The number of methoxy groups -OCH3 is 1. The molecule has 1 amide bonds. The predicted octanol–water partition coefficient (Wildman–Crippen LogP) is 6.00. The Balaban J connectivity index is 1.19. The van der Waals surface area contributed by atoms with Crippen molar-refractivity contribution >= 4 is 34.0 Å². The monoisotopic (exact) mass is 577 g/mol. The second kappa shape index (κ2) is 10.4. The molecule has 1 aliphatic carbocycles. The van der Waals surface area contributed by atoms with E-state index in [4.69, 9.17) is 28.6 Å². The van der Waals surface area contributed by atoms with Crippen LogP contribution in [0.4, 0.5) is 15.0 Å². The highest BCUT2D eigenvalue weighted by Crippen LogP contribution is 2.51. The average molecular weight is 578 g/mol. The number of nitrogens with zero attached hydrogens (tertiary/aromatic N) is 4. The van der Waals surface area contributed by atoms with Crippen LogP contribution in [-0.4, -0.2) is 59.2 Å². The number of oxazole rings is 1. The standard InChI is InChI=1S/C31H36FN5O5/c1-17-33-27-24(41-17)13-19(28(26(27)32)40-16-39-6)21-7-8-23-22(34-21)9-10-25(35-23)37-12-11-18(15-37)20-14-31(20,5)36-29(38)42-30(2,3)4/h7-10,13,18,20H,11-12,14-16H2,1-6H3,(H,36,38). The smallest absolute Gasteiger partial charge is 0.408 e. The number of carbonyl (C=O) groups is 1. The molecule has 2 aliphatic rings.